The van der Waals surface area contributed by atoms with E-state index in [4.69, 9.17) is 14.0 Å². The van der Waals surface area contributed by atoms with Crippen LogP contribution in [-0.2, 0) is 0 Å². The molecule has 3 heterocycles. The quantitative estimate of drug-likeness (QED) is 0.808. The van der Waals surface area contributed by atoms with Crippen molar-refractivity contribution < 1.29 is 23.6 Å². The maximum absolute atomic E-state index is 12.8. The smallest absolute Gasteiger partial charge is 0.259 e. The minimum Gasteiger partial charge on any atom is -0.497 e. The minimum absolute atomic E-state index is 0.0345. The van der Waals surface area contributed by atoms with Gasteiger partial charge in [0.05, 0.1) is 18.4 Å². The summed E-state index contributed by atoms with van der Waals surface area (Å²) in [5, 5.41) is 3.87. The Morgan fingerprint density at radius 1 is 1.25 bits per heavy atom. The first kappa shape index (κ1) is 18.5. The van der Waals surface area contributed by atoms with E-state index in [0.717, 1.165) is 12.8 Å². The van der Waals surface area contributed by atoms with Gasteiger partial charge in [0.25, 0.3) is 5.91 Å². The van der Waals surface area contributed by atoms with Gasteiger partial charge in [0.1, 0.15) is 28.9 Å². The minimum atomic E-state index is -0.148. The van der Waals surface area contributed by atoms with Crippen molar-refractivity contribution in [1.29, 1.82) is 0 Å². The Labute approximate surface area is 163 Å². The number of hydrogen-bond donors (Lipinski definition) is 0. The standard InChI is InChI=1S/C21H24N2O5/c1-12-20(13(2)28-22-12)21(25)23-8-6-14(7-9-23)19-11-17(24)16-10-15(26-3)4-5-18(16)27-19/h4-5,10,14,19H,6-9,11H2,1-3H3. The highest BCUT2D eigenvalue weighted by Gasteiger charge is 2.36. The van der Waals surface area contributed by atoms with E-state index in [0.29, 0.717) is 53.6 Å². The van der Waals surface area contributed by atoms with Gasteiger partial charge < -0.3 is 18.9 Å². The van der Waals surface area contributed by atoms with Gasteiger partial charge in [-0.05, 0) is 50.8 Å². The van der Waals surface area contributed by atoms with Crippen LogP contribution in [0.15, 0.2) is 22.7 Å². The third kappa shape index (κ3) is 3.25. The predicted molar refractivity (Wildman–Crippen MR) is 101 cm³/mol. The van der Waals surface area contributed by atoms with E-state index in [1.807, 2.05) is 4.90 Å². The number of aryl methyl sites for hydroxylation is 2. The topological polar surface area (TPSA) is 81.9 Å². The summed E-state index contributed by atoms with van der Waals surface area (Å²) in [7, 11) is 1.58. The number of carbonyl (C=O) groups is 2. The van der Waals surface area contributed by atoms with Crippen molar-refractivity contribution in [3.05, 3.63) is 40.8 Å². The summed E-state index contributed by atoms with van der Waals surface area (Å²) >= 11 is 0. The number of aromatic nitrogens is 1. The molecule has 1 fully saturated rings. The number of ketones is 1. The monoisotopic (exact) mass is 384 g/mol. The molecule has 1 aromatic heterocycles. The molecular formula is C21H24N2O5. The number of piperidine rings is 1. The first-order valence-corrected chi connectivity index (χ1v) is 9.58. The molecule has 7 nitrogen and oxygen atoms in total. The lowest BCUT2D eigenvalue weighted by Crippen LogP contribution is -2.44. The van der Waals surface area contributed by atoms with E-state index >= 15 is 0 Å². The number of rotatable bonds is 3. The predicted octanol–water partition coefficient (Wildman–Crippen LogP) is 3.19. The Bertz CT molecular complexity index is 892. The third-order valence-corrected chi connectivity index (χ3v) is 5.75. The van der Waals surface area contributed by atoms with Crippen molar-refractivity contribution in [3.63, 3.8) is 0 Å². The molecule has 2 aliphatic rings. The summed E-state index contributed by atoms with van der Waals surface area (Å²) in [4.78, 5) is 27.2. The van der Waals surface area contributed by atoms with Crippen LogP contribution < -0.4 is 9.47 Å². The number of ether oxygens (including phenoxy) is 2. The number of methoxy groups -OCH3 is 1. The molecule has 1 unspecified atom stereocenters. The molecule has 148 valence electrons. The van der Waals surface area contributed by atoms with Crippen molar-refractivity contribution >= 4 is 11.7 Å². The van der Waals surface area contributed by atoms with Gasteiger partial charge in [-0.25, -0.2) is 0 Å². The van der Waals surface area contributed by atoms with Crippen LogP contribution in [0.5, 0.6) is 11.5 Å². The lowest BCUT2D eigenvalue weighted by molar-refractivity contribution is 0.0450. The first-order valence-electron chi connectivity index (χ1n) is 9.58. The lowest BCUT2D eigenvalue weighted by Gasteiger charge is -2.37. The Balaban J connectivity index is 1.41. The van der Waals surface area contributed by atoms with Gasteiger partial charge in [-0.3, -0.25) is 9.59 Å². The molecule has 1 aromatic carbocycles. The van der Waals surface area contributed by atoms with Gasteiger partial charge in [0, 0.05) is 19.5 Å². The van der Waals surface area contributed by atoms with Crippen LogP contribution in [0.4, 0.5) is 0 Å². The summed E-state index contributed by atoms with van der Waals surface area (Å²) in [5.74, 6) is 2.12. The fourth-order valence-electron chi connectivity index (χ4n) is 4.14. The molecule has 0 spiro atoms. The number of amides is 1. The number of likely N-dealkylation sites (tertiary alicyclic amines) is 1. The summed E-state index contributed by atoms with van der Waals surface area (Å²) in [5.41, 5.74) is 1.77. The highest BCUT2D eigenvalue weighted by molar-refractivity contribution is 6.00. The number of benzene rings is 1. The molecule has 2 aliphatic heterocycles. The van der Waals surface area contributed by atoms with Gasteiger partial charge >= 0.3 is 0 Å². The normalized spacial score (nSPS) is 19.9. The van der Waals surface area contributed by atoms with E-state index in [9.17, 15) is 9.59 Å². The third-order valence-electron chi connectivity index (χ3n) is 5.75. The molecule has 0 bridgehead atoms. The van der Waals surface area contributed by atoms with Crippen LogP contribution in [0.2, 0.25) is 0 Å². The largest absolute Gasteiger partial charge is 0.497 e. The Kier molecular flexibility index (Phi) is 4.83. The maximum atomic E-state index is 12.8. The molecule has 1 amide bonds. The van der Waals surface area contributed by atoms with Crippen molar-refractivity contribution in [1.82, 2.24) is 10.1 Å². The van der Waals surface area contributed by atoms with Gasteiger partial charge in [-0.15, -0.1) is 0 Å². The van der Waals surface area contributed by atoms with Crippen LogP contribution in [0.25, 0.3) is 0 Å². The maximum Gasteiger partial charge on any atom is 0.259 e. The molecule has 0 aliphatic carbocycles. The van der Waals surface area contributed by atoms with Gasteiger partial charge in [0.2, 0.25) is 0 Å². The van der Waals surface area contributed by atoms with E-state index < -0.39 is 0 Å². The van der Waals surface area contributed by atoms with Crippen LogP contribution >= 0.6 is 0 Å². The van der Waals surface area contributed by atoms with Crippen molar-refractivity contribution in [2.24, 2.45) is 5.92 Å². The van der Waals surface area contributed by atoms with Crippen LogP contribution in [0, 0.1) is 19.8 Å². The van der Waals surface area contributed by atoms with Crippen molar-refractivity contribution in [2.45, 2.75) is 39.2 Å². The summed E-state index contributed by atoms with van der Waals surface area (Å²) in [6, 6.07) is 5.34. The van der Waals surface area contributed by atoms with Crippen LogP contribution in [0.3, 0.4) is 0 Å². The summed E-state index contributed by atoms with van der Waals surface area (Å²) in [6.45, 7) is 4.81. The van der Waals surface area contributed by atoms with Gasteiger partial charge in [0.15, 0.2) is 5.78 Å². The second-order valence-corrected chi connectivity index (χ2v) is 7.47. The second kappa shape index (κ2) is 7.30. The molecule has 0 saturated carbocycles. The zero-order valence-corrected chi connectivity index (χ0v) is 16.4. The zero-order chi connectivity index (χ0) is 19.8. The number of Topliss-reactive ketones (excluding diaryl/α,β-unsaturated/α-hetero) is 1. The number of carbonyl (C=O) groups excluding carboxylic acids is 2. The highest BCUT2D eigenvalue weighted by Crippen LogP contribution is 2.36. The molecule has 7 heteroatoms. The van der Waals surface area contributed by atoms with Crippen LogP contribution in [-0.4, -0.2) is 48.1 Å². The number of hydrogen-bond acceptors (Lipinski definition) is 6. The fourth-order valence-corrected chi connectivity index (χ4v) is 4.14. The second-order valence-electron chi connectivity index (χ2n) is 7.47. The molecule has 4 rings (SSSR count). The number of nitrogens with zero attached hydrogens (tertiary/aromatic N) is 2. The summed E-state index contributed by atoms with van der Waals surface area (Å²) < 4.78 is 16.5. The zero-order valence-electron chi connectivity index (χ0n) is 16.4. The molecule has 1 atom stereocenters. The van der Waals surface area contributed by atoms with E-state index in [1.54, 1.807) is 39.2 Å². The Hall–Kier alpha value is -2.83. The molecule has 0 N–H and O–H groups in total. The number of fused-ring (bicyclic) bond motifs is 1. The van der Waals surface area contributed by atoms with E-state index in [1.165, 1.54) is 0 Å². The molecule has 28 heavy (non-hydrogen) atoms. The Morgan fingerprint density at radius 2 is 2.00 bits per heavy atom. The van der Waals surface area contributed by atoms with Crippen molar-refractivity contribution in [3.8, 4) is 11.5 Å². The lowest BCUT2D eigenvalue weighted by atomic mass is 9.85. The van der Waals surface area contributed by atoms with Crippen LogP contribution in [0.1, 0.15) is 51.4 Å². The van der Waals surface area contributed by atoms with Crippen molar-refractivity contribution in [2.75, 3.05) is 20.2 Å². The highest BCUT2D eigenvalue weighted by atomic mass is 16.5. The SMILES string of the molecule is COc1ccc2c(c1)C(=O)CC(C1CCN(C(=O)c3c(C)noc3C)CC1)O2. The average Bonchev–Trinajstić information content (AvgIpc) is 3.05. The van der Waals surface area contributed by atoms with Gasteiger partial charge in [-0.1, -0.05) is 5.16 Å². The van der Waals surface area contributed by atoms with E-state index in [2.05, 4.69) is 5.16 Å². The van der Waals surface area contributed by atoms with Gasteiger partial charge in [-0.2, -0.15) is 0 Å². The molecule has 1 saturated heterocycles. The molecule has 2 aromatic rings. The molecular weight excluding hydrogens is 360 g/mol. The average molecular weight is 384 g/mol. The van der Waals surface area contributed by atoms with E-state index in [-0.39, 0.29) is 23.7 Å². The Morgan fingerprint density at radius 3 is 2.64 bits per heavy atom. The molecule has 0 radical (unpaired) electrons. The first-order chi connectivity index (χ1) is 13.5. The fraction of sp³-hybridized carbons (Fsp3) is 0.476. The summed E-state index contributed by atoms with van der Waals surface area (Å²) in [6.07, 6.45) is 1.82.